The number of thioether (sulfide) groups is 1. The molecule has 106 valence electrons. The van der Waals surface area contributed by atoms with Crippen LogP contribution in [0.3, 0.4) is 0 Å². The van der Waals surface area contributed by atoms with Crippen LogP contribution < -0.4 is 10.2 Å². The van der Waals surface area contributed by atoms with Crippen LogP contribution in [0.5, 0.6) is 0 Å². The van der Waals surface area contributed by atoms with Crippen LogP contribution in [0.25, 0.3) is 0 Å². The first-order valence-corrected chi connectivity index (χ1v) is 8.25. The van der Waals surface area contributed by atoms with Crippen LogP contribution in [-0.2, 0) is 6.54 Å². The molecule has 1 aromatic carbocycles. The minimum absolute atomic E-state index is 0.120. The Kier molecular flexibility index (Phi) is 5.11. The molecular formula is C15H23FN2S. The summed E-state index contributed by atoms with van der Waals surface area (Å²) in [5, 5.41) is 3.47. The van der Waals surface area contributed by atoms with Gasteiger partial charge in [-0.2, -0.15) is 11.8 Å². The lowest BCUT2D eigenvalue weighted by atomic mass is 10.1. The molecule has 0 heterocycles. The normalized spacial score (nSPS) is 16.4. The zero-order chi connectivity index (χ0) is 13.8. The molecule has 19 heavy (non-hydrogen) atoms. The highest BCUT2D eigenvalue weighted by atomic mass is 32.2. The Bertz CT molecular complexity index is 421. The third-order valence-electron chi connectivity index (χ3n) is 3.65. The van der Waals surface area contributed by atoms with Crippen molar-refractivity contribution < 1.29 is 4.39 Å². The summed E-state index contributed by atoms with van der Waals surface area (Å²) in [4.78, 5) is 2.07. The maximum Gasteiger partial charge on any atom is 0.146 e. The average molecular weight is 282 g/mol. The highest BCUT2D eigenvalue weighted by Crippen LogP contribution is 2.27. The zero-order valence-electron chi connectivity index (χ0n) is 11.9. The van der Waals surface area contributed by atoms with Gasteiger partial charge in [0.1, 0.15) is 5.82 Å². The van der Waals surface area contributed by atoms with Gasteiger partial charge in [0.2, 0.25) is 0 Å². The van der Waals surface area contributed by atoms with E-state index in [4.69, 9.17) is 0 Å². The van der Waals surface area contributed by atoms with Gasteiger partial charge in [-0.1, -0.05) is 12.1 Å². The van der Waals surface area contributed by atoms with Gasteiger partial charge < -0.3 is 10.2 Å². The first-order valence-electron chi connectivity index (χ1n) is 6.86. The molecule has 1 saturated carbocycles. The fourth-order valence-corrected chi connectivity index (χ4v) is 2.92. The van der Waals surface area contributed by atoms with E-state index in [2.05, 4.69) is 23.4 Å². The van der Waals surface area contributed by atoms with E-state index in [1.165, 1.54) is 12.8 Å². The third kappa shape index (κ3) is 3.86. The van der Waals surface area contributed by atoms with Crippen molar-refractivity contribution in [2.45, 2.75) is 38.4 Å². The molecule has 0 aliphatic heterocycles. The fourth-order valence-electron chi connectivity index (χ4n) is 2.21. The summed E-state index contributed by atoms with van der Waals surface area (Å²) in [6.07, 6.45) is 4.59. The van der Waals surface area contributed by atoms with Gasteiger partial charge in [0.15, 0.2) is 0 Å². The maximum absolute atomic E-state index is 14.2. The van der Waals surface area contributed by atoms with Crippen LogP contribution in [0.2, 0.25) is 0 Å². The Hall–Kier alpha value is -0.740. The monoisotopic (exact) mass is 282 g/mol. The number of halogens is 1. The van der Waals surface area contributed by atoms with Crippen LogP contribution in [0.15, 0.2) is 18.2 Å². The highest BCUT2D eigenvalue weighted by molar-refractivity contribution is 7.98. The van der Waals surface area contributed by atoms with Crippen LogP contribution in [-0.4, -0.2) is 31.1 Å². The zero-order valence-corrected chi connectivity index (χ0v) is 12.8. The fraction of sp³-hybridized carbons (Fsp3) is 0.600. The van der Waals surface area contributed by atoms with Gasteiger partial charge in [-0.25, -0.2) is 4.39 Å². The summed E-state index contributed by atoms with van der Waals surface area (Å²) in [5.74, 6) is 0.880. The molecular weight excluding hydrogens is 259 g/mol. The summed E-state index contributed by atoms with van der Waals surface area (Å²) < 4.78 is 14.2. The number of para-hydroxylation sites is 1. The molecule has 1 N–H and O–H groups in total. The first kappa shape index (κ1) is 14.7. The summed E-state index contributed by atoms with van der Waals surface area (Å²) in [5.41, 5.74) is 1.81. The van der Waals surface area contributed by atoms with E-state index in [-0.39, 0.29) is 5.82 Å². The minimum Gasteiger partial charge on any atom is -0.368 e. The molecule has 1 aromatic rings. The van der Waals surface area contributed by atoms with Crippen molar-refractivity contribution in [2.75, 3.05) is 24.0 Å². The van der Waals surface area contributed by atoms with Crippen molar-refractivity contribution >= 4 is 17.4 Å². The molecule has 1 aliphatic rings. The number of benzene rings is 1. The lowest BCUT2D eigenvalue weighted by Crippen LogP contribution is -2.33. The number of nitrogens with zero attached hydrogens (tertiary/aromatic N) is 1. The van der Waals surface area contributed by atoms with Crippen molar-refractivity contribution in [3.05, 3.63) is 29.6 Å². The second kappa shape index (κ2) is 6.62. The summed E-state index contributed by atoms with van der Waals surface area (Å²) in [7, 11) is 1.99. The Morgan fingerprint density at radius 1 is 1.47 bits per heavy atom. The molecule has 1 unspecified atom stereocenters. The van der Waals surface area contributed by atoms with Gasteiger partial charge in [-0.05, 0) is 37.7 Å². The van der Waals surface area contributed by atoms with Gasteiger partial charge >= 0.3 is 0 Å². The number of nitrogens with one attached hydrogen (secondary N) is 1. The minimum atomic E-state index is -0.120. The molecule has 4 heteroatoms. The largest absolute Gasteiger partial charge is 0.368 e. The Morgan fingerprint density at radius 3 is 2.84 bits per heavy atom. The first-order chi connectivity index (χ1) is 9.13. The van der Waals surface area contributed by atoms with E-state index in [1.54, 1.807) is 23.9 Å². The van der Waals surface area contributed by atoms with Crippen molar-refractivity contribution in [1.82, 2.24) is 5.32 Å². The molecule has 1 fully saturated rings. The quantitative estimate of drug-likeness (QED) is 0.826. The number of rotatable bonds is 7. The summed E-state index contributed by atoms with van der Waals surface area (Å²) in [6.45, 7) is 2.90. The van der Waals surface area contributed by atoms with E-state index in [9.17, 15) is 4.39 Å². The molecule has 0 spiro atoms. The number of hydrogen-bond acceptors (Lipinski definition) is 3. The predicted octanol–water partition coefficient (Wildman–Crippen LogP) is 3.27. The molecule has 0 radical (unpaired) electrons. The summed E-state index contributed by atoms with van der Waals surface area (Å²) in [6, 6.07) is 6.35. The average Bonchev–Trinajstić information content (AvgIpc) is 3.20. The molecule has 0 amide bonds. The molecule has 2 rings (SSSR count). The van der Waals surface area contributed by atoms with Gasteiger partial charge in [-0.3, -0.25) is 0 Å². The van der Waals surface area contributed by atoms with E-state index in [0.717, 1.165) is 23.5 Å². The van der Waals surface area contributed by atoms with Crippen molar-refractivity contribution in [2.24, 2.45) is 0 Å². The van der Waals surface area contributed by atoms with Crippen molar-refractivity contribution in [3.63, 3.8) is 0 Å². The topological polar surface area (TPSA) is 15.3 Å². The second-order valence-corrected chi connectivity index (χ2v) is 6.23. The van der Waals surface area contributed by atoms with Crippen LogP contribution >= 0.6 is 11.8 Å². The van der Waals surface area contributed by atoms with E-state index in [0.29, 0.717) is 12.1 Å². The van der Waals surface area contributed by atoms with Crippen molar-refractivity contribution in [1.29, 1.82) is 0 Å². The second-order valence-electron chi connectivity index (χ2n) is 5.32. The maximum atomic E-state index is 14.2. The molecule has 0 bridgehead atoms. The Labute approximate surface area is 119 Å². The van der Waals surface area contributed by atoms with Gasteiger partial charge in [0.25, 0.3) is 0 Å². The van der Waals surface area contributed by atoms with E-state index < -0.39 is 0 Å². The standard InChI is InChI=1S/C15H23FN2S/c1-11(10-19-3)18(2)15-12(5-4-6-14(15)16)9-17-13-7-8-13/h4-6,11,13,17H,7-10H2,1-3H3. The van der Waals surface area contributed by atoms with Gasteiger partial charge in [0.05, 0.1) is 5.69 Å². The molecule has 1 atom stereocenters. The Morgan fingerprint density at radius 2 is 2.21 bits per heavy atom. The van der Waals surface area contributed by atoms with Crippen molar-refractivity contribution in [3.8, 4) is 0 Å². The number of hydrogen-bond donors (Lipinski definition) is 1. The Balaban J connectivity index is 2.15. The highest BCUT2D eigenvalue weighted by Gasteiger charge is 2.22. The molecule has 1 aliphatic carbocycles. The van der Waals surface area contributed by atoms with E-state index in [1.807, 2.05) is 13.1 Å². The smallest absolute Gasteiger partial charge is 0.146 e. The van der Waals surface area contributed by atoms with Gasteiger partial charge in [-0.15, -0.1) is 0 Å². The number of anilines is 1. The van der Waals surface area contributed by atoms with Crippen LogP contribution in [0.4, 0.5) is 10.1 Å². The molecule has 0 aromatic heterocycles. The lowest BCUT2D eigenvalue weighted by molar-refractivity contribution is 0.605. The SMILES string of the molecule is CSCC(C)N(C)c1c(F)cccc1CNC1CC1. The van der Waals surface area contributed by atoms with Crippen LogP contribution in [0, 0.1) is 5.82 Å². The predicted molar refractivity (Wildman–Crippen MR) is 82.5 cm³/mol. The third-order valence-corrected chi connectivity index (χ3v) is 4.47. The van der Waals surface area contributed by atoms with Gasteiger partial charge in [0, 0.05) is 31.4 Å². The van der Waals surface area contributed by atoms with Crippen LogP contribution in [0.1, 0.15) is 25.3 Å². The lowest BCUT2D eigenvalue weighted by Gasteiger charge is -2.29. The van der Waals surface area contributed by atoms with E-state index >= 15 is 0 Å². The molecule has 0 saturated heterocycles. The summed E-state index contributed by atoms with van der Waals surface area (Å²) >= 11 is 1.79. The molecule has 2 nitrogen and oxygen atoms in total.